The Labute approximate surface area is 126 Å². The van der Waals surface area contributed by atoms with Crippen LogP contribution in [0.4, 0.5) is 0 Å². The summed E-state index contributed by atoms with van der Waals surface area (Å²) in [5.74, 6) is 0. The Morgan fingerprint density at radius 2 is 2.20 bits per heavy atom. The fraction of sp³-hybridized carbons (Fsp3) is 0.692. The molecule has 0 aliphatic carbocycles. The van der Waals surface area contributed by atoms with Gasteiger partial charge in [0.1, 0.15) is 0 Å². The monoisotopic (exact) mass is 319 g/mol. The predicted octanol–water partition coefficient (Wildman–Crippen LogP) is 1.97. The second-order valence-corrected chi connectivity index (χ2v) is 7.55. The van der Waals surface area contributed by atoms with Gasteiger partial charge in [0.2, 0.25) is 0 Å². The van der Waals surface area contributed by atoms with Crippen molar-refractivity contribution in [1.29, 1.82) is 0 Å². The average Bonchev–Trinajstić information content (AvgIpc) is 2.92. The molecule has 1 atom stereocenters. The minimum Gasteiger partial charge on any atom is -0.320 e. The van der Waals surface area contributed by atoms with Gasteiger partial charge in [0, 0.05) is 18.5 Å². The molecule has 0 aromatic carbocycles. The zero-order valence-corrected chi connectivity index (χ0v) is 14.1. The van der Waals surface area contributed by atoms with Crippen molar-refractivity contribution in [2.24, 2.45) is 0 Å². The zero-order valence-electron chi connectivity index (χ0n) is 12.4. The predicted molar refractivity (Wildman–Crippen MR) is 85.2 cm³/mol. The van der Waals surface area contributed by atoms with Crippen molar-refractivity contribution >= 4 is 21.5 Å². The average molecular weight is 319 g/mol. The highest BCUT2D eigenvalue weighted by molar-refractivity contribution is 7.87. The van der Waals surface area contributed by atoms with E-state index in [1.807, 2.05) is 24.6 Å². The molecule has 0 spiro atoms. The lowest BCUT2D eigenvalue weighted by molar-refractivity contribution is 0.435. The van der Waals surface area contributed by atoms with E-state index in [2.05, 4.69) is 17.0 Å². The minimum absolute atomic E-state index is 0.128. The highest BCUT2D eigenvalue weighted by atomic mass is 32.2. The summed E-state index contributed by atoms with van der Waals surface area (Å²) in [4.78, 5) is 1.07. The molecule has 0 aliphatic heterocycles. The molecule has 116 valence electrons. The highest BCUT2D eigenvalue weighted by Crippen LogP contribution is 2.24. The van der Waals surface area contributed by atoms with Gasteiger partial charge >= 0.3 is 0 Å². The molecule has 0 aliphatic rings. The molecule has 1 heterocycles. The van der Waals surface area contributed by atoms with Crippen molar-refractivity contribution in [3.05, 3.63) is 22.4 Å². The summed E-state index contributed by atoms with van der Waals surface area (Å²) in [6.07, 6.45) is 2.55. The van der Waals surface area contributed by atoms with E-state index >= 15 is 0 Å². The van der Waals surface area contributed by atoms with Crippen LogP contribution >= 0.6 is 11.3 Å². The SMILES string of the molecule is CCCC(NS(=O)(=O)N(C)CCCNC)c1cccs1. The first-order valence-electron chi connectivity index (χ1n) is 6.92. The lowest BCUT2D eigenvalue weighted by atomic mass is 10.1. The number of rotatable bonds is 10. The van der Waals surface area contributed by atoms with Crippen LogP contribution in [0.15, 0.2) is 17.5 Å². The molecule has 0 saturated heterocycles. The fourth-order valence-corrected chi connectivity index (χ4v) is 3.95. The van der Waals surface area contributed by atoms with Gasteiger partial charge in [-0.15, -0.1) is 11.3 Å². The quantitative estimate of drug-likeness (QED) is 0.648. The molecule has 5 nitrogen and oxygen atoms in total. The van der Waals surface area contributed by atoms with E-state index in [4.69, 9.17) is 0 Å². The summed E-state index contributed by atoms with van der Waals surface area (Å²) in [6.45, 7) is 3.38. The third-order valence-corrected chi connectivity index (χ3v) is 5.64. The van der Waals surface area contributed by atoms with Gasteiger partial charge in [0.25, 0.3) is 10.2 Å². The topological polar surface area (TPSA) is 61.4 Å². The molecule has 0 bridgehead atoms. The van der Waals surface area contributed by atoms with Gasteiger partial charge in [0.05, 0.1) is 6.04 Å². The van der Waals surface area contributed by atoms with Crippen molar-refractivity contribution < 1.29 is 8.42 Å². The highest BCUT2D eigenvalue weighted by Gasteiger charge is 2.23. The van der Waals surface area contributed by atoms with Gasteiger partial charge in [-0.2, -0.15) is 17.4 Å². The van der Waals surface area contributed by atoms with Crippen LogP contribution in [-0.4, -0.2) is 39.9 Å². The van der Waals surface area contributed by atoms with Gasteiger partial charge < -0.3 is 5.32 Å². The first kappa shape index (κ1) is 17.6. The van der Waals surface area contributed by atoms with Crippen molar-refractivity contribution in [1.82, 2.24) is 14.3 Å². The summed E-state index contributed by atoms with van der Waals surface area (Å²) < 4.78 is 28.8. The Hall–Kier alpha value is -0.470. The van der Waals surface area contributed by atoms with Crippen LogP contribution in [0.5, 0.6) is 0 Å². The molecule has 2 N–H and O–H groups in total. The van der Waals surface area contributed by atoms with Gasteiger partial charge in [0.15, 0.2) is 0 Å². The summed E-state index contributed by atoms with van der Waals surface area (Å²) in [5.41, 5.74) is 0. The molecule has 1 aromatic rings. The van der Waals surface area contributed by atoms with E-state index in [0.717, 1.165) is 30.7 Å². The fourth-order valence-electron chi connectivity index (χ4n) is 1.91. The lowest BCUT2D eigenvalue weighted by Crippen LogP contribution is -2.40. The van der Waals surface area contributed by atoms with Crippen LogP contribution in [0.2, 0.25) is 0 Å². The van der Waals surface area contributed by atoms with E-state index in [0.29, 0.717) is 6.54 Å². The van der Waals surface area contributed by atoms with Crippen molar-refractivity contribution in [2.45, 2.75) is 32.2 Å². The Morgan fingerprint density at radius 1 is 1.45 bits per heavy atom. The Morgan fingerprint density at radius 3 is 2.75 bits per heavy atom. The van der Waals surface area contributed by atoms with Gasteiger partial charge in [-0.1, -0.05) is 19.4 Å². The molecular formula is C13H25N3O2S2. The van der Waals surface area contributed by atoms with Crippen LogP contribution < -0.4 is 10.0 Å². The first-order valence-corrected chi connectivity index (χ1v) is 9.24. The van der Waals surface area contributed by atoms with E-state index < -0.39 is 10.2 Å². The van der Waals surface area contributed by atoms with E-state index in [1.165, 1.54) is 4.31 Å². The van der Waals surface area contributed by atoms with Crippen LogP contribution in [-0.2, 0) is 10.2 Å². The molecule has 0 radical (unpaired) electrons. The van der Waals surface area contributed by atoms with Crippen molar-refractivity contribution in [2.75, 3.05) is 27.2 Å². The maximum Gasteiger partial charge on any atom is 0.279 e. The number of nitrogens with one attached hydrogen (secondary N) is 2. The van der Waals surface area contributed by atoms with Crippen LogP contribution in [0.1, 0.15) is 37.1 Å². The molecule has 0 saturated carbocycles. The Bertz CT molecular complexity index is 460. The van der Waals surface area contributed by atoms with Crippen molar-refractivity contribution in [3.63, 3.8) is 0 Å². The number of hydrogen-bond donors (Lipinski definition) is 2. The van der Waals surface area contributed by atoms with E-state index in [1.54, 1.807) is 18.4 Å². The largest absolute Gasteiger partial charge is 0.320 e. The van der Waals surface area contributed by atoms with E-state index in [-0.39, 0.29) is 6.04 Å². The smallest absolute Gasteiger partial charge is 0.279 e. The number of thiophene rings is 1. The summed E-state index contributed by atoms with van der Waals surface area (Å²) in [7, 11) is 0.0564. The molecule has 7 heteroatoms. The standard InChI is InChI=1S/C13H25N3O2S2/c1-4-7-12(13-8-5-11-19-13)15-20(17,18)16(3)10-6-9-14-2/h5,8,11-12,14-15H,4,6-7,9-10H2,1-3H3. The maximum atomic E-state index is 12.3. The normalized spacial score (nSPS) is 13.8. The van der Waals surface area contributed by atoms with Gasteiger partial charge in [-0.25, -0.2) is 0 Å². The number of hydrogen-bond acceptors (Lipinski definition) is 4. The molecule has 0 amide bonds. The van der Waals surface area contributed by atoms with Crippen LogP contribution in [0.3, 0.4) is 0 Å². The second-order valence-electron chi connectivity index (χ2n) is 4.76. The Balaban J connectivity index is 2.66. The third-order valence-electron chi connectivity index (χ3n) is 3.07. The zero-order chi connectivity index (χ0) is 15.0. The van der Waals surface area contributed by atoms with Gasteiger partial charge in [-0.05, 0) is 37.9 Å². The van der Waals surface area contributed by atoms with Crippen molar-refractivity contribution in [3.8, 4) is 0 Å². The first-order chi connectivity index (χ1) is 9.51. The minimum atomic E-state index is -3.43. The molecule has 1 rings (SSSR count). The lowest BCUT2D eigenvalue weighted by Gasteiger charge is -2.22. The van der Waals surface area contributed by atoms with E-state index in [9.17, 15) is 8.42 Å². The summed E-state index contributed by atoms with van der Waals surface area (Å²) >= 11 is 1.59. The van der Waals surface area contributed by atoms with Gasteiger partial charge in [-0.3, -0.25) is 0 Å². The molecule has 0 fully saturated rings. The number of nitrogens with zero attached hydrogens (tertiary/aromatic N) is 1. The molecule has 1 aromatic heterocycles. The third kappa shape index (κ3) is 5.49. The van der Waals surface area contributed by atoms with Crippen LogP contribution in [0.25, 0.3) is 0 Å². The molecule has 20 heavy (non-hydrogen) atoms. The summed E-state index contributed by atoms with van der Waals surface area (Å²) in [5, 5.41) is 4.99. The summed E-state index contributed by atoms with van der Waals surface area (Å²) in [6, 6.07) is 3.80. The van der Waals surface area contributed by atoms with Crippen LogP contribution in [0, 0.1) is 0 Å². The maximum absolute atomic E-state index is 12.3. The molecular weight excluding hydrogens is 294 g/mol. The Kier molecular flexibility index (Phi) is 7.68. The second kappa shape index (κ2) is 8.74. The molecule has 1 unspecified atom stereocenters.